The van der Waals surface area contributed by atoms with Crippen molar-refractivity contribution < 1.29 is 90.7 Å². The summed E-state index contributed by atoms with van der Waals surface area (Å²) in [5.74, 6) is 8.51. The summed E-state index contributed by atoms with van der Waals surface area (Å²) in [6.45, 7) is 22.8. The van der Waals surface area contributed by atoms with Gasteiger partial charge in [0.1, 0.15) is 74.3 Å². The minimum atomic E-state index is -0.769. The first-order valence-corrected chi connectivity index (χ1v) is 50.5. The quantitative estimate of drug-likeness (QED) is 0.0179. The van der Waals surface area contributed by atoms with Gasteiger partial charge in [-0.3, -0.25) is 69.0 Å². The number of fused-ring (bicyclic) bond motifs is 4. The lowest BCUT2D eigenvalue weighted by atomic mass is 9.97. The number of ketones is 4. The Balaban J connectivity index is 0.000000148. The average Bonchev–Trinajstić information content (AvgIpc) is 1.61. The van der Waals surface area contributed by atoms with Gasteiger partial charge in [-0.1, -0.05) is 35.4 Å². The number of hydrazine groups is 2. The summed E-state index contributed by atoms with van der Waals surface area (Å²) >= 11 is 4.92. The van der Waals surface area contributed by atoms with Crippen LogP contribution in [-0.2, 0) is 54.3 Å². The fraction of sp³-hybridized carbons (Fsp3) is 0.462. The maximum atomic E-state index is 13.8. The first-order valence-electron chi connectivity index (χ1n) is 50.1. The van der Waals surface area contributed by atoms with Gasteiger partial charge in [0.05, 0.1) is 83.8 Å². The van der Waals surface area contributed by atoms with E-state index in [0.717, 1.165) is 236 Å². The van der Waals surface area contributed by atoms with Crippen molar-refractivity contribution >= 4 is 87.2 Å². The molecule has 0 aliphatic carbocycles. The average molecular weight is 2040 g/mol. The number of halogens is 1. The van der Waals surface area contributed by atoms with E-state index < -0.39 is 11.1 Å². The van der Waals surface area contributed by atoms with E-state index in [2.05, 4.69) is 63.2 Å². The molecule has 0 saturated carbocycles. The topological polar surface area (TPSA) is 461 Å². The lowest BCUT2D eigenvalue weighted by Crippen LogP contribution is -2.56. The number of amides is 7. The second kappa shape index (κ2) is 52.6. The first-order chi connectivity index (χ1) is 71.0. The maximum Gasteiger partial charge on any atom is 0.368 e. The smallest absolute Gasteiger partial charge is 0.368 e. The summed E-state index contributed by atoms with van der Waals surface area (Å²) < 4.78 is 41.7. The van der Waals surface area contributed by atoms with Crippen molar-refractivity contribution in [1.29, 1.82) is 5.41 Å². The Kier molecular flexibility index (Phi) is 39.4. The van der Waals surface area contributed by atoms with Gasteiger partial charge >= 0.3 is 5.97 Å². The fourth-order valence-electron chi connectivity index (χ4n) is 19.3. The van der Waals surface area contributed by atoms with Gasteiger partial charge in [-0.15, -0.1) is 0 Å². The molecule has 0 unspecified atom stereocenters. The number of morpholine rings is 1. The molecule has 0 atom stereocenters. The number of nitrogens with one attached hydrogen (secondary N) is 5. The highest BCUT2D eigenvalue weighted by Crippen LogP contribution is 2.36. The van der Waals surface area contributed by atoms with E-state index >= 15 is 0 Å². The minimum Gasteiger partial charge on any atom is -0.497 e. The summed E-state index contributed by atoms with van der Waals surface area (Å²) in [7, 11) is 8.08. The van der Waals surface area contributed by atoms with E-state index in [9.17, 15) is 57.5 Å². The van der Waals surface area contributed by atoms with Crippen LogP contribution in [0.1, 0.15) is 230 Å². The van der Waals surface area contributed by atoms with Crippen LogP contribution in [0.2, 0.25) is 0 Å². The van der Waals surface area contributed by atoms with E-state index in [-0.39, 0.29) is 89.2 Å². The number of carbonyl (C=O) groups is 12. The van der Waals surface area contributed by atoms with Crippen LogP contribution in [0.3, 0.4) is 0 Å². The molecule has 0 radical (unpaired) electrons. The zero-order valence-electron chi connectivity index (χ0n) is 85.5. The van der Waals surface area contributed by atoms with Crippen molar-refractivity contribution in [3.63, 3.8) is 0 Å². The van der Waals surface area contributed by atoms with Gasteiger partial charge in [0, 0.05) is 166 Å². The van der Waals surface area contributed by atoms with Crippen molar-refractivity contribution in [2.75, 3.05) is 154 Å². The van der Waals surface area contributed by atoms with Crippen LogP contribution in [0.15, 0.2) is 133 Å². The van der Waals surface area contributed by atoms with Crippen LogP contribution in [-0.4, -0.2) is 321 Å². The number of piperidine rings is 5. The highest BCUT2D eigenvalue weighted by atomic mass is 35.5. The molecule has 11 aliphatic rings. The largest absolute Gasteiger partial charge is 0.497 e. The molecule has 4 aromatic heterocycles. The number of methoxy groups -OCH3 is 5. The number of aromatic nitrogens is 8. The maximum absolute atomic E-state index is 13.8. The number of nitrogens with zero attached hydrogens (tertiary/aromatic N) is 15. The number of aryl methyl sites for hydroxylation is 1. The summed E-state index contributed by atoms with van der Waals surface area (Å²) in [6, 6.07) is 37.7. The molecule has 20 rings (SSSR count). The number of rotatable bonds is 20. The van der Waals surface area contributed by atoms with E-state index in [1.165, 1.54) is 37.9 Å². The van der Waals surface area contributed by atoms with Gasteiger partial charge in [0.15, 0.2) is 23.1 Å². The van der Waals surface area contributed by atoms with Crippen LogP contribution >= 0.6 is 11.6 Å². The van der Waals surface area contributed by atoms with Crippen molar-refractivity contribution in [3.05, 3.63) is 206 Å². The number of esters is 1. The second-order valence-corrected chi connectivity index (χ2v) is 37.0. The lowest BCUT2D eigenvalue weighted by Gasteiger charge is -2.44. The molecule has 6 saturated heterocycles. The molecule has 0 bridgehead atoms. The van der Waals surface area contributed by atoms with Crippen LogP contribution in [0.25, 0.3) is 22.7 Å². The molecule has 41 heteroatoms. The molecule has 784 valence electrons. The molecule has 9 aromatic rings. The van der Waals surface area contributed by atoms with Crippen LogP contribution in [0.4, 0.5) is 0 Å². The Morgan fingerprint density at radius 3 is 1.14 bits per heavy atom. The highest BCUT2D eigenvalue weighted by Gasteiger charge is 2.43. The first kappa shape index (κ1) is 110. The summed E-state index contributed by atoms with van der Waals surface area (Å²) in [5, 5.41) is 41.4. The SMILES string of the molecule is CCOC(=O)C(=N)Cl.COc1ccc(-n2nc(C(C)=O)c3c2C(=O)N(C2CCN(N)CC2)CC3)cc1.COc1ccc(-n2nc(C(C)=O)c3c2C(=O)N(C2CCN(N4CCCCC4=O)CC2)CC3)cc1.COc1ccc(-n2nc(C(C)=O)c3c2C(=O)N(C2CCNCC2)CC3)cc1.COc1ccc(-n2nc(C(C)=O)c3c2C(=O)NCC3)cc1.COc1ccc(C)cc1.O=C1CCCCN1.O=C1NCCC=C1N1CCOCC1. The van der Waals surface area contributed by atoms with Crippen molar-refractivity contribution in [2.45, 2.75) is 169 Å². The Morgan fingerprint density at radius 2 is 0.796 bits per heavy atom. The van der Waals surface area contributed by atoms with Crippen molar-refractivity contribution in [3.8, 4) is 51.5 Å². The summed E-state index contributed by atoms with van der Waals surface area (Å²) in [4.78, 5) is 153. The molecular weight excluding hydrogens is 1910 g/mol. The standard InChI is InChI=1S/C25H31N5O4.C20H25N5O3.C20H24N4O3.C15H15N3O3.C9H14N2O2.C8H10O.C5H9NO.C4H6ClNO2/c1-17(31)23-21-12-16-28(18-10-14-27(15-11-18)29-13-4-3-5-22(29)32)25(33)24(21)30(26-23)19-6-8-20(34-2)9-7-19;1-13(26)18-17-9-12-24(14-7-10-23(21)11-8-14)20(27)19(17)25(22-18)15-3-5-16(28-2)6-4-15;1-13(25)18-17-9-12-23(14-7-10-21-11-8-14)20(26)19(17)24(22-18)15-3-5-16(27-2)6-4-15;1-9(19)13-12-7-8-16-15(20)14(12)18(17-13)10-3-5-11(21-2)6-4-10;12-9-8(2-1-3-10-9)11-4-6-13-7-5-11;1-7-3-5-8(9-2)6-4-7;7-5-3-1-2-4-6-5;1-2-8-4(7)3(5)6/h6-9,18H,3-5,10-16H2,1-2H3;3-6,14H,7-12,21H2,1-2H3;3-6,14,21H,7-12H2,1-2H3;3-6H,7-8H2,1-2H3,(H,16,20);2H,1,3-7H2,(H,10,12);3-6H,1-2H3;1-4H2,(H,6,7);6H,2H2,1H3. The predicted octanol–water partition coefficient (Wildman–Crippen LogP) is 9.87. The van der Waals surface area contributed by atoms with Gasteiger partial charge in [0.2, 0.25) is 17.0 Å². The lowest BCUT2D eigenvalue weighted by molar-refractivity contribution is -0.155. The van der Waals surface area contributed by atoms with Gasteiger partial charge in [0.25, 0.3) is 29.5 Å². The van der Waals surface area contributed by atoms with E-state index in [1.54, 1.807) is 85.8 Å². The fourth-order valence-corrected chi connectivity index (χ4v) is 19.4. The Bertz CT molecular complexity index is 6180. The van der Waals surface area contributed by atoms with Gasteiger partial charge in [-0.05, 0) is 232 Å². The zero-order chi connectivity index (χ0) is 105. The number of nitrogens with two attached hydrogens (primary N) is 1. The predicted molar refractivity (Wildman–Crippen MR) is 548 cm³/mol. The third-order valence-electron chi connectivity index (χ3n) is 27.0. The van der Waals surface area contributed by atoms with E-state index in [1.807, 2.05) is 123 Å². The molecule has 15 heterocycles. The molecule has 7 amide bonds. The molecule has 5 aromatic carbocycles. The highest BCUT2D eigenvalue weighted by molar-refractivity contribution is 6.81. The monoisotopic (exact) mass is 2040 g/mol. The summed E-state index contributed by atoms with van der Waals surface area (Å²) in [5.41, 5.74) is 11.5. The number of ether oxygens (including phenoxy) is 7. The second-order valence-electron chi connectivity index (χ2n) is 36.6. The Morgan fingerprint density at radius 1 is 0.422 bits per heavy atom. The number of hydrogen-bond acceptors (Lipinski definition) is 29. The van der Waals surface area contributed by atoms with E-state index in [4.69, 9.17) is 51.3 Å². The van der Waals surface area contributed by atoms with Gasteiger partial charge in [-0.25, -0.2) is 33.5 Å². The third-order valence-corrected chi connectivity index (χ3v) is 27.2. The third kappa shape index (κ3) is 27.5. The number of carbonyl (C=O) groups excluding carboxylic acids is 12. The Hall–Kier alpha value is -14.3. The molecular formula is C106H134ClN21O19. The molecule has 40 nitrogen and oxygen atoms in total. The van der Waals surface area contributed by atoms with Crippen LogP contribution < -0.4 is 50.8 Å². The summed E-state index contributed by atoms with van der Waals surface area (Å²) in [6.07, 6.45) is 16.4. The van der Waals surface area contributed by atoms with Crippen LogP contribution in [0.5, 0.6) is 28.7 Å². The molecule has 7 N–H and O–H groups in total. The number of Topliss-reactive ketones (excluding diaryl/α,β-unsaturated/α-hetero) is 4. The number of hydrogen-bond donors (Lipinski definition) is 6. The molecule has 6 fully saturated rings. The number of benzene rings is 5. The van der Waals surface area contributed by atoms with Crippen molar-refractivity contribution in [2.24, 2.45) is 5.84 Å². The van der Waals surface area contributed by atoms with Crippen molar-refractivity contribution in [1.82, 2.24) is 95.0 Å². The Labute approximate surface area is 859 Å². The van der Waals surface area contributed by atoms with Crippen LogP contribution in [0, 0.1) is 12.3 Å². The van der Waals surface area contributed by atoms with E-state index in [0.29, 0.717) is 110 Å². The van der Waals surface area contributed by atoms with Gasteiger partial charge < -0.3 is 74.0 Å². The minimum absolute atomic E-state index is 0.0287. The molecule has 0 spiro atoms. The zero-order valence-corrected chi connectivity index (χ0v) is 86.3. The van der Waals surface area contributed by atoms with Gasteiger partial charge in [-0.2, -0.15) is 20.4 Å². The molecule has 11 aliphatic heterocycles. The normalized spacial score (nSPS) is 17.4. The molecule has 147 heavy (non-hydrogen) atoms.